The first-order valence-corrected chi connectivity index (χ1v) is 3.94. The molecule has 13 heavy (non-hydrogen) atoms. The molecule has 1 rings (SSSR count). The van der Waals surface area contributed by atoms with Gasteiger partial charge in [-0.25, -0.2) is 4.79 Å². The second kappa shape index (κ2) is 3.65. The van der Waals surface area contributed by atoms with Gasteiger partial charge in [0.1, 0.15) is 6.07 Å². The minimum Gasteiger partial charge on any atom is -0.478 e. The highest BCUT2D eigenvalue weighted by Gasteiger charge is 2.12. The van der Waals surface area contributed by atoms with Gasteiger partial charge in [-0.3, -0.25) is 0 Å². The second-order valence-corrected chi connectivity index (χ2v) is 3.04. The lowest BCUT2D eigenvalue weighted by molar-refractivity contribution is 0.0697. The highest BCUT2D eigenvalue weighted by molar-refractivity contribution is 6.36. The number of halogens is 2. The van der Waals surface area contributed by atoms with Crippen LogP contribution in [-0.2, 0) is 0 Å². The molecular weight excluding hydrogens is 213 g/mol. The molecule has 0 aliphatic heterocycles. The predicted molar refractivity (Wildman–Crippen MR) is 48.1 cm³/mol. The van der Waals surface area contributed by atoms with Crippen molar-refractivity contribution in [1.82, 2.24) is 0 Å². The van der Waals surface area contributed by atoms with E-state index in [4.69, 9.17) is 33.6 Å². The standard InChI is InChI=1S/C8H3Cl2NO2/c9-6-2-5(8(12)13)7(10)1-4(6)3-11/h1-2H,(H,12,13). The van der Waals surface area contributed by atoms with Crippen LogP contribution in [0, 0.1) is 11.3 Å². The zero-order valence-corrected chi connectivity index (χ0v) is 7.73. The van der Waals surface area contributed by atoms with E-state index >= 15 is 0 Å². The van der Waals surface area contributed by atoms with Gasteiger partial charge in [-0.05, 0) is 12.1 Å². The van der Waals surface area contributed by atoms with Crippen LogP contribution >= 0.6 is 23.2 Å². The normalized spacial score (nSPS) is 9.31. The van der Waals surface area contributed by atoms with E-state index < -0.39 is 5.97 Å². The van der Waals surface area contributed by atoms with E-state index in [0.717, 1.165) is 6.07 Å². The van der Waals surface area contributed by atoms with E-state index in [1.807, 2.05) is 0 Å². The molecule has 0 fully saturated rings. The molecule has 1 N–H and O–H groups in total. The third kappa shape index (κ3) is 1.92. The number of hydrogen-bond donors (Lipinski definition) is 1. The van der Waals surface area contributed by atoms with Crippen LogP contribution in [0.15, 0.2) is 12.1 Å². The molecule has 0 bridgehead atoms. The lowest BCUT2D eigenvalue weighted by atomic mass is 10.1. The van der Waals surface area contributed by atoms with Gasteiger partial charge in [-0.1, -0.05) is 23.2 Å². The first kappa shape index (κ1) is 9.85. The van der Waals surface area contributed by atoms with Gasteiger partial charge in [-0.15, -0.1) is 0 Å². The fraction of sp³-hybridized carbons (Fsp3) is 0. The Kier molecular flexibility index (Phi) is 2.76. The quantitative estimate of drug-likeness (QED) is 0.784. The van der Waals surface area contributed by atoms with Gasteiger partial charge in [0.15, 0.2) is 0 Å². The van der Waals surface area contributed by atoms with Crippen molar-refractivity contribution >= 4 is 29.2 Å². The Morgan fingerprint density at radius 3 is 2.46 bits per heavy atom. The molecule has 0 amide bonds. The number of carbonyl (C=O) groups is 1. The van der Waals surface area contributed by atoms with Crippen LogP contribution < -0.4 is 0 Å². The second-order valence-electron chi connectivity index (χ2n) is 2.23. The Bertz CT molecular complexity index is 409. The minimum absolute atomic E-state index is 0.00782. The summed E-state index contributed by atoms with van der Waals surface area (Å²) in [6.07, 6.45) is 0. The molecule has 0 unspecified atom stereocenters. The van der Waals surface area contributed by atoms with Gasteiger partial charge >= 0.3 is 5.97 Å². The van der Waals surface area contributed by atoms with Crippen LogP contribution in [0.4, 0.5) is 0 Å². The van der Waals surface area contributed by atoms with Gasteiger partial charge in [-0.2, -0.15) is 5.26 Å². The van der Waals surface area contributed by atoms with Crippen molar-refractivity contribution in [3.05, 3.63) is 33.3 Å². The molecule has 1 aromatic carbocycles. The summed E-state index contributed by atoms with van der Waals surface area (Å²) in [6.45, 7) is 0. The molecule has 5 heteroatoms. The maximum Gasteiger partial charge on any atom is 0.337 e. The van der Waals surface area contributed by atoms with Crippen molar-refractivity contribution in [1.29, 1.82) is 5.26 Å². The van der Waals surface area contributed by atoms with Gasteiger partial charge in [0, 0.05) is 0 Å². The molecule has 0 aliphatic rings. The number of benzene rings is 1. The van der Waals surface area contributed by atoms with Crippen molar-refractivity contribution in [2.24, 2.45) is 0 Å². The third-order valence-corrected chi connectivity index (χ3v) is 2.03. The molecule has 0 spiro atoms. The number of hydrogen-bond acceptors (Lipinski definition) is 2. The Morgan fingerprint density at radius 1 is 1.38 bits per heavy atom. The number of aromatic carboxylic acids is 1. The fourth-order valence-corrected chi connectivity index (χ4v) is 1.25. The molecule has 0 saturated carbocycles. The average Bonchev–Trinajstić information content (AvgIpc) is 2.07. The molecule has 0 heterocycles. The summed E-state index contributed by atoms with van der Waals surface area (Å²) in [5.41, 5.74) is 0.0577. The summed E-state index contributed by atoms with van der Waals surface area (Å²) in [4.78, 5) is 10.5. The van der Waals surface area contributed by atoms with Crippen molar-refractivity contribution in [3.63, 3.8) is 0 Å². The van der Waals surface area contributed by atoms with E-state index in [-0.39, 0.29) is 21.2 Å². The molecule has 0 saturated heterocycles. The largest absolute Gasteiger partial charge is 0.478 e. The van der Waals surface area contributed by atoms with Crippen molar-refractivity contribution in [2.45, 2.75) is 0 Å². The van der Waals surface area contributed by atoms with Crippen molar-refractivity contribution < 1.29 is 9.90 Å². The number of carboxylic acids is 1. The summed E-state index contributed by atoms with van der Waals surface area (Å²) in [6, 6.07) is 4.18. The van der Waals surface area contributed by atoms with Gasteiger partial charge in [0.25, 0.3) is 0 Å². The van der Waals surface area contributed by atoms with Crippen LogP contribution in [0.2, 0.25) is 10.0 Å². The van der Waals surface area contributed by atoms with E-state index in [9.17, 15) is 4.79 Å². The topological polar surface area (TPSA) is 61.1 Å². The Labute approximate surface area is 84.1 Å². The Hall–Kier alpha value is -1.24. The highest BCUT2D eigenvalue weighted by atomic mass is 35.5. The Morgan fingerprint density at radius 2 is 2.00 bits per heavy atom. The fourth-order valence-electron chi connectivity index (χ4n) is 0.796. The SMILES string of the molecule is N#Cc1cc(Cl)c(C(=O)O)cc1Cl. The van der Waals surface area contributed by atoms with E-state index in [1.165, 1.54) is 6.07 Å². The van der Waals surface area contributed by atoms with Crippen LogP contribution in [0.25, 0.3) is 0 Å². The maximum atomic E-state index is 10.5. The molecule has 1 aromatic rings. The van der Waals surface area contributed by atoms with Crippen molar-refractivity contribution in [2.75, 3.05) is 0 Å². The number of rotatable bonds is 1. The number of carboxylic acid groups (broad SMARTS) is 1. The van der Waals surface area contributed by atoms with E-state index in [0.29, 0.717) is 0 Å². The number of nitrogens with zero attached hydrogens (tertiary/aromatic N) is 1. The molecule has 3 nitrogen and oxygen atoms in total. The van der Waals surface area contributed by atoms with Gasteiger partial charge in [0.05, 0.1) is 21.2 Å². The van der Waals surface area contributed by atoms with Gasteiger partial charge < -0.3 is 5.11 Å². The molecular formula is C8H3Cl2NO2. The maximum absolute atomic E-state index is 10.5. The molecule has 0 radical (unpaired) electrons. The Balaban J connectivity index is 3.39. The minimum atomic E-state index is -1.17. The summed E-state index contributed by atoms with van der Waals surface area (Å²) in [7, 11) is 0. The molecule has 66 valence electrons. The lowest BCUT2D eigenvalue weighted by Crippen LogP contribution is -1.98. The summed E-state index contributed by atoms with van der Waals surface area (Å²) < 4.78 is 0. The zero-order valence-electron chi connectivity index (χ0n) is 6.21. The monoisotopic (exact) mass is 215 g/mol. The summed E-state index contributed by atoms with van der Waals surface area (Å²) in [5, 5.41) is 17.3. The van der Waals surface area contributed by atoms with E-state index in [2.05, 4.69) is 0 Å². The summed E-state index contributed by atoms with van der Waals surface area (Å²) >= 11 is 11.2. The molecule has 0 aromatic heterocycles. The molecule has 0 aliphatic carbocycles. The third-order valence-electron chi connectivity index (χ3n) is 1.41. The predicted octanol–water partition coefficient (Wildman–Crippen LogP) is 2.56. The van der Waals surface area contributed by atoms with Crippen molar-refractivity contribution in [3.8, 4) is 6.07 Å². The van der Waals surface area contributed by atoms with Crippen LogP contribution in [0.1, 0.15) is 15.9 Å². The first-order chi connectivity index (χ1) is 6.06. The highest BCUT2D eigenvalue weighted by Crippen LogP contribution is 2.24. The lowest BCUT2D eigenvalue weighted by Gasteiger charge is -2.00. The van der Waals surface area contributed by atoms with Crippen LogP contribution in [-0.4, -0.2) is 11.1 Å². The average molecular weight is 216 g/mol. The zero-order chi connectivity index (χ0) is 10.0. The molecule has 0 atom stereocenters. The van der Waals surface area contributed by atoms with Crippen LogP contribution in [0.3, 0.4) is 0 Å². The van der Waals surface area contributed by atoms with Gasteiger partial charge in [0.2, 0.25) is 0 Å². The van der Waals surface area contributed by atoms with Crippen LogP contribution in [0.5, 0.6) is 0 Å². The van der Waals surface area contributed by atoms with E-state index in [1.54, 1.807) is 6.07 Å². The smallest absolute Gasteiger partial charge is 0.337 e. The number of nitriles is 1. The summed E-state index contributed by atoms with van der Waals surface area (Å²) in [5.74, 6) is -1.17. The first-order valence-electron chi connectivity index (χ1n) is 3.18.